The Morgan fingerprint density at radius 2 is 2.00 bits per heavy atom. The van der Waals surface area contributed by atoms with E-state index in [-0.39, 0.29) is 42.5 Å². The molecule has 0 aliphatic carbocycles. The van der Waals surface area contributed by atoms with Crippen LogP contribution in [0.2, 0.25) is 0 Å². The first-order chi connectivity index (χ1) is 9.42. The number of thiazole rings is 1. The molecule has 0 fully saturated rings. The molecule has 0 bridgehead atoms. The van der Waals surface area contributed by atoms with E-state index < -0.39 is 0 Å². The lowest BCUT2D eigenvalue weighted by Gasteiger charge is -2.12. The van der Waals surface area contributed by atoms with Crippen LogP contribution >= 0.6 is 35.3 Å². The van der Waals surface area contributed by atoms with Gasteiger partial charge in [-0.2, -0.15) is 0 Å². The summed E-state index contributed by atoms with van der Waals surface area (Å²) >= 11 is 1.66. The number of carbonyl (C=O) groups excluding carboxylic acids is 1. The molecule has 0 aromatic carbocycles. The van der Waals surface area contributed by atoms with E-state index in [1.54, 1.807) is 18.4 Å². The predicted octanol–water partition coefficient (Wildman–Crippen LogP) is 1.57. The summed E-state index contributed by atoms with van der Waals surface area (Å²) in [5, 5.41) is 9.93. The highest BCUT2D eigenvalue weighted by Gasteiger charge is 2.07. The lowest BCUT2D eigenvalue weighted by molar-refractivity contribution is -0.120. The van der Waals surface area contributed by atoms with E-state index in [2.05, 4.69) is 32.9 Å². The van der Waals surface area contributed by atoms with E-state index in [9.17, 15) is 4.79 Å². The number of aryl methyl sites for hydroxylation is 2. The first-order valence-corrected chi connectivity index (χ1v) is 7.40. The molecule has 8 heteroatoms. The van der Waals surface area contributed by atoms with Crippen molar-refractivity contribution in [1.29, 1.82) is 0 Å². The molecule has 0 aliphatic rings. The van der Waals surface area contributed by atoms with Gasteiger partial charge in [-0.3, -0.25) is 9.79 Å². The van der Waals surface area contributed by atoms with Gasteiger partial charge in [0.25, 0.3) is 0 Å². The van der Waals surface area contributed by atoms with Crippen molar-refractivity contribution in [2.45, 2.75) is 40.3 Å². The third kappa shape index (κ3) is 7.60. The van der Waals surface area contributed by atoms with Crippen LogP contribution in [0.25, 0.3) is 0 Å². The van der Waals surface area contributed by atoms with E-state index in [4.69, 9.17) is 0 Å². The molecule has 0 unspecified atom stereocenters. The summed E-state index contributed by atoms with van der Waals surface area (Å²) in [5.41, 5.74) is 1.06. The highest BCUT2D eigenvalue weighted by atomic mass is 127. The lowest BCUT2D eigenvalue weighted by Crippen LogP contribution is -2.44. The second-order valence-electron chi connectivity index (χ2n) is 4.75. The molecule has 0 spiro atoms. The summed E-state index contributed by atoms with van der Waals surface area (Å²) < 4.78 is 0. The maximum Gasteiger partial charge on any atom is 0.239 e. The van der Waals surface area contributed by atoms with Crippen molar-refractivity contribution in [2.75, 3.05) is 13.6 Å². The number of nitrogens with one attached hydrogen (secondary N) is 3. The number of aromatic nitrogens is 1. The van der Waals surface area contributed by atoms with Gasteiger partial charge in [-0.15, -0.1) is 35.3 Å². The number of rotatable bonds is 5. The van der Waals surface area contributed by atoms with Gasteiger partial charge in [0.1, 0.15) is 5.01 Å². The van der Waals surface area contributed by atoms with Crippen molar-refractivity contribution in [3.8, 4) is 0 Å². The number of hydrogen-bond donors (Lipinski definition) is 3. The summed E-state index contributed by atoms with van der Waals surface area (Å²) in [6.45, 7) is 8.72. The summed E-state index contributed by atoms with van der Waals surface area (Å²) in [6.07, 6.45) is 0. The zero-order chi connectivity index (χ0) is 15.1. The van der Waals surface area contributed by atoms with Crippen LogP contribution in [-0.2, 0) is 11.3 Å². The van der Waals surface area contributed by atoms with E-state index in [0.717, 1.165) is 10.7 Å². The predicted molar refractivity (Wildman–Crippen MR) is 98.5 cm³/mol. The number of hydrogen-bond acceptors (Lipinski definition) is 4. The maximum atomic E-state index is 11.5. The van der Waals surface area contributed by atoms with Crippen molar-refractivity contribution in [2.24, 2.45) is 4.99 Å². The van der Waals surface area contributed by atoms with Crippen molar-refractivity contribution < 1.29 is 4.79 Å². The van der Waals surface area contributed by atoms with Crippen LogP contribution in [0.5, 0.6) is 0 Å². The summed E-state index contributed by atoms with van der Waals surface area (Å²) in [4.78, 5) is 21.3. The second kappa shape index (κ2) is 9.93. The van der Waals surface area contributed by atoms with Gasteiger partial charge in [0.2, 0.25) is 5.91 Å². The summed E-state index contributed by atoms with van der Waals surface area (Å²) in [7, 11) is 1.67. The average molecular weight is 425 g/mol. The Morgan fingerprint density at radius 1 is 1.33 bits per heavy atom. The second-order valence-corrected chi connectivity index (χ2v) is 6.04. The molecule has 1 amide bonds. The molecule has 0 atom stereocenters. The van der Waals surface area contributed by atoms with Crippen LogP contribution in [0.1, 0.15) is 29.4 Å². The van der Waals surface area contributed by atoms with Crippen molar-refractivity contribution in [1.82, 2.24) is 20.9 Å². The average Bonchev–Trinajstić information content (AvgIpc) is 2.68. The van der Waals surface area contributed by atoms with Crippen molar-refractivity contribution in [3.05, 3.63) is 15.6 Å². The minimum atomic E-state index is -0.0520. The SMILES string of the molecule is CN=C(NCC(=O)NC(C)C)NCc1nc(C)c(C)s1.I. The normalized spacial score (nSPS) is 11.0. The lowest BCUT2D eigenvalue weighted by atomic mass is 10.4. The van der Waals surface area contributed by atoms with Gasteiger partial charge < -0.3 is 16.0 Å². The van der Waals surface area contributed by atoms with Gasteiger partial charge in [-0.1, -0.05) is 0 Å². The molecule has 0 saturated heterocycles. The molecule has 0 saturated carbocycles. The van der Waals surface area contributed by atoms with Crippen molar-refractivity contribution in [3.63, 3.8) is 0 Å². The van der Waals surface area contributed by atoms with Crippen LogP contribution in [0.15, 0.2) is 4.99 Å². The van der Waals surface area contributed by atoms with Crippen LogP contribution in [0.3, 0.4) is 0 Å². The number of guanidine groups is 1. The molecule has 120 valence electrons. The van der Waals surface area contributed by atoms with E-state index in [1.165, 1.54) is 4.88 Å². The molecular weight excluding hydrogens is 401 g/mol. The van der Waals surface area contributed by atoms with Gasteiger partial charge in [0.15, 0.2) is 5.96 Å². The molecule has 0 aliphatic heterocycles. The minimum absolute atomic E-state index is 0. The highest BCUT2D eigenvalue weighted by molar-refractivity contribution is 14.0. The van der Waals surface area contributed by atoms with Crippen LogP contribution in [0.4, 0.5) is 0 Å². The first kappa shape index (κ1) is 20.1. The first-order valence-electron chi connectivity index (χ1n) is 6.59. The third-order valence-corrected chi connectivity index (χ3v) is 3.64. The summed E-state index contributed by atoms with van der Waals surface area (Å²) in [5.74, 6) is 0.540. The van der Waals surface area contributed by atoms with Gasteiger partial charge >= 0.3 is 0 Å². The molecule has 0 radical (unpaired) electrons. The van der Waals surface area contributed by atoms with E-state index in [0.29, 0.717) is 12.5 Å². The third-order valence-electron chi connectivity index (χ3n) is 2.57. The number of carbonyl (C=O) groups is 1. The Bertz CT molecular complexity index is 467. The Labute approximate surface area is 147 Å². The largest absolute Gasteiger partial charge is 0.352 e. The Kier molecular flexibility index (Phi) is 9.51. The van der Waals surface area contributed by atoms with Crippen molar-refractivity contribution >= 4 is 47.2 Å². The standard InChI is InChI=1S/C13H23N5OS.HI/c1-8(2)17-11(19)6-15-13(14-5)16-7-12-18-9(3)10(4)20-12;/h8H,6-7H2,1-5H3,(H,17,19)(H2,14,15,16);1H. The Hall–Kier alpha value is -0.900. The molecule has 21 heavy (non-hydrogen) atoms. The zero-order valence-electron chi connectivity index (χ0n) is 13.1. The number of halogens is 1. The number of nitrogens with zero attached hydrogens (tertiary/aromatic N) is 2. The van der Waals surface area contributed by atoms with E-state index in [1.807, 2.05) is 20.8 Å². The topological polar surface area (TPSA) is 78.4 Å². The minimum Gasteiger partial charge on any atom is -0.352 e. The van der Waals surface area contributed by atoms with Gasteiger partial charge in [0.05, 0.1) is 18.8 Å². The fourth-order valence-corrected chi connectivity index (χ4v) is 2.41. The molecule has 1 heterocycles. The zero-order valence-corrected chi connectivity index (χ0v) is 16.3. The van der Waals surface area contributed by atoms with Crippen LogP contribution < -0.4 is 16.0 Å². The fourth-order valence-electron chi connectivity index (χ4n) is 1.53. The van der Waals surface area contributed by atoms with E-state index >= 15 is 0 Å². The summed E-state index contributed by atoms with van der Waals surface area (Å²) in [6, 6.07) is 0.139. The molecular formula is C13H24IN5OS. The fraction of sp³-hybridized carbons (Fsp3) is 0.615. The van der Waals surface area contributed by atoms with Crippen LogP contribution in [0, 0.1) is 13.8 Å². The van der Waals surface area contributed by atoms with Gasteiger partial charge in [-0.05, 0) is 27.7 Å². The molecule has 3 N–H and O–H groups in total. The molecule has 1 rings (SSSR count). The van der Waals surface area contributed by atoms with Crippen LogP contribution in [-0.4, -0.2) is 36.5 Å². The van der Waals surface area contributed by atoms with Gasteiger partial charge in [0, 0.05) is 18.0 Å². The molecule has 1 aromatic rings. The smallest absolute Gasteiger partial charge is 0.239 e. The maximum absolute atomic E-state index is 11.5. The Balaban J connectivity index is 0.00000400. The Morgan fingerprint density at radius 3 is 2.48 bits per heavy atom. The number of aliphatic imine (C=N–C) groups is 1. The molecule has 1 aromatic heterocycles. The highest BCUT2D eigenvalue weighted by Crippen LogP contribution is 2.15. The van der Waals surface area contributed by atoms with Gasteiger partial charge in [-0.25, -0.2) is 4.98 Å². The number of amides is 1. The monoisotopic (exact) mass is 425 g/mol. The molecule has 6 nitrogen and oxygen atoms in total. The quantitative estimate of drug-likeness (QED) is 0.380.